The maximum absolute atomic E-state index is 11.7. The van der Waals surface area contributed by atoms with Crippen molar-refractivity contribution in [1.29, 1.82) is 0 Å². The van der Waals surface area contributed by atoms with Crippen LogP contribution < -0.4 is 0 Å². The Morgan fingerprint density at radius 2 is 1.62 bits per heavy atom. The van der Waals surface area contributed by atoms with Gasteiger partial charge >= 0.3 is 0 Å². The minimum atomic E-state index is -3.51. The largest absolute Gasteiger partial charge is 0.274 e. The van der Waals surface area contributed by atoms with Crippen molar-refractivity contribution in [2.24, 2.45) is 0 Å². The Bertz CT molecular complexity index is 489. The van der Waals surface area contributed by atoms with Crippen molar-refractivity contribution in [3.8, 4) is 0 Å². The highest BCUT2D eigenvalue weighted by atomic mass is 32.2. The standard InChI is InChI=1S/C10H11NO4S/c1-2-3-4-11-9(12)7-5-16(14,15)6-8(7)10(11)13/h5-6H,2-4H2,1H3. The minimum absolute atomic E-state index is 0.0149. The normalized spacial score (nSPS) is 22.2. The topological polar surface area (TPSA) is 71.5 Å². The molecule has 2 amide bonds. The molecule has 0 atom stereocenters. The number of rotatable bonds is 3. The molecular formula is C10H11NO4S. The summed E-state index contributed by atoms with van der Waals surface area (Å²) in [6, 6.07) is 0. The zero-order valence-corrected chi connectivity index (χ0v) is 9.58. The molecule has 1 fully saturated rings. The number of hydrogen-bond donors (Lipinski definition) is 0. The van der Waals surface area contributed by atoms with Gasteiger partial charge in [-0.15, -0.1) is 0 Å². The molecule has 2 aliphatic heterocycles. The Balaban J connectivity index is 2.34. The fourth-order valence-electron chi connectivity index (χ4n) is 1.72. The summed E-state index contributed by atoms with van der Waals surface area (Å²) in [5, 5.41) is 1.74. The summed E-state index contributed by atoms with van der Waals surface area (Å²) in [7, 11) is -3.51. The molecule has 0 aliphatic carbocycles. The van der Waals surface area contributed by atoms with Gasteiger partial charge in [-0.3, -0.25) is 14.5 Å². The Hall–Kier alpha value is -1.43. The molecule has 86 valence electrons. The van der Waals surface area contributed by atoms with Gasteiger partial charge in [-0.1, -0.05) is 13.3 Å². The highest BCUT2D eigenvalue weighted by molar-refractivity contribution is 7.97. The molecule has 16 heavy (non-hydrogen) atoms. The third-order valence-corrected chi connectivity index (χ3v) is 3.67. The van der Waals surface area contributed by atoms with Crippen LogP contribution >= 0.6 is 0 Å². The van der Waals surface area contributed by atoms with Crippen LogP contribution in [0.25, 0.3) is 0 Å². The van der Waals surface area contributed by atoms with Gasteiger partial charge in [0.1, 0.15) is 0 Å². The molecule has 0 unspecified atom stereocenters. The molecule has 2 rings (SSSR count). The Morgan fingerprint density at radius 1 is 1.12 bits per heavy atom. The van der Waals surface area contributed by atoms with Gasteiger partial charge in [0, 0.05) is 17.4 Å². The lowest BCUT2D eigenvalue weighted by Crippen LogP contribution is -2.30. The van der Waals surface area contributed by atoms with Gasteiger partial charge in [0.25, 0.3) is 11.8 Å². The van der Waals surface area contributed by atoms with E-state index in [4.69, 9.17) is 0 Å². The van der Waals surface area contributed by atoms with E-state index in [9.17, 15) is 18.0 Å². The van der Waals surface area contributed by atoms with Crippen LogP contribution in [0.4, 0.5) is 0 Å². The van der Waals surface area contributed by atoms with E-state index in [2.05, 4.69) is 0 Å². The van der Waals surface area contributed by atoms with Gasteiger partial charge < -0.3 is 0 Å². The van der Waals surface area contributed by atoms with Crippen LogP contribution in [0, 0.1) is 0 Å². The first kappa shape index (κ1) is 11.1. The molecule has 0 radical (unpaired) electrons. The van der Waals surface area contributed by atoms with E-state index in [-0.39, 0.29) is 11.1 Å². The van der Waals surface area contributed by atoms with Gasteiger partial charge in [0.2, 0.25) is 0 Å². The molecule has 5 nitrogen and oxygen atoms in total. The second kappa shape index (κ2) is 3.55. The SMILES string of the molecule is CCCCN1C(=O)C2=CS(=O)(=O)C=C2C1=O. The Kier molecular flexibility index (Phi) is 2.46. The van der Waals surface area contributed by atoms with Gasteiger partial charge in [-0.25, -0.2) is 8.42 Å². The number of imide groups is 1. The van der Waals surface area contributed by atoms with E-state index in [0.717, 1.165) is 28.6 Å². The summed E-state index contributed by atoms with van der Waals surface area (Å²) in [4.78, 5) is 24.6. The molecule has 0 N–H and O–H groups in total. The zero-order valence-electron chi connectivity index (χ0n) is 8.76. The Morgan fingerprint density at radius 3 is 2.06 bits per heavy atom. The van der Waals surface area contributed by atoms with Crippen LogP contribution in [-0.2, 0) is 19.4 Å². The second-order valence-corrected chi connectivity index (χ2v) is 5.42. The maximum Gasteiger partial charge on any atom is 0.262 e. The molecule has 0 bridgehead atoms. The van der Waals surface area contributed by atoms with E-state index in [1.807, 2.05) is 6.92 Å². The van der Waals surface area contributed by atoms with Crippen molar-refractivity contribution >= 4 is 21.7 Å². The number of likely N-dealkylation sites (tertiary alicyclic amines) is 1. The first-order chi connectivity index (χ1) is 7.46. The average Bonchev–Trinajstić information content (AvgIpc) is 2.62. The van der Waals surface area contributed by atoms with E-state index >= 15 is 0 Å². The molecule has 0 aromatic rings. The highest BCUT2D eigenvalue weighted by Gasteiger charge is 2.42. The van der Waals surface area contributed by atoms with Crippen LogP contribution in [-0.4, -0.2) is 31.7 Å². The van der Waals surface area contributed by atoms with Gasteiger partial charge in [0.05, 0.1) is 11.1 Å². The van der Waals surface area contributed by atoms with Crippen LogP contribution in [0.1, 0.15) is 19.8 Å². The summed E-state index contributed by atoms with van der Waals surface area (Å²) < 4.78 is 22.4. The lowest BCUT2D eigenvalue weighted by atomic mass is 10.2. The quantitative estimate of drug-likeness (QED) is 0.668. The molecule has 0 spiro atoms. The third kappa shape index (κ3) is 1.59. The smallest absolute Gasteiger partial charge is 0.262 e. The highest BCUT2D eigenvalue weighted by Crippen LogP contribution is 2.31. The molecule has 2 aliphatic rings. The first-order valence-corrected chi connectivity index (χ1v) is 6.62. The van der Waals surface area contributed by atoms with Crippen LogP contribution in [0.5, 0.6) is 0 Å². The van der Waals surface area contributed by atoms with Crippen molar-refractivity contribution < 1.29 is 18.0 Å². The number of amides is 2. The Labute approximate surface area is 93.3 Å². The number of carbonyl (C=O) groups is 2. The number of sulfone groups is 1. The van der Waals surface area contributed by atoms with Gasteiger partial charge in [0.15, 0.2) is 9.84 Å². The molecule has 2 heterocycles. The first-order valence-electron chi connectivity index (χ1n) is 5.01. The maximum atomic E-state index is 11.7. The molecule has 6 heteroatoms. The predicted octanol–water partition coefficient (Wildman–Crippen LogP) is 0.352. The fraction of sp³-hybridized carbons (Fsp3) is 0.400. The zero-order chi connectivity index (χ0) is 11.9. The third-order valence-electron chi connectivity index (χ3n) is 2.54. The minimum Gasteiger partial charge on any atom is -0.274 e. The van der Waals surface area contributed by atoms with Crippen LogP contribution in [0.15, 0.2) is 22.0 Å². The van der Waals surface area contributed by atoms with E-state index < -0.39 is 21.7 Å². The molecule has 0 aromatic heterocycles. The molecule has 0 saturated carbocycles. The lowest BCUT2D eigenvalue weighted by Gasteiger charge is -2.11. The summed E-state index contributed by atoms with van der Waals surface area (Å²) in [5.41, 5.74) is 0.0298. The van der Waals surface area contributed by atoms with Crippen molar-refractivity contribution in [3.05, 3.63) is 22.0 Å². The number of hydrogen-bond acceptors (Lipinski definition) is 4. The van der Waals surface area contributed by atoms with Crippen molar-refractivity contribution in [1.82, 2.24) is 4.90 Å². The van der Waals surface area contributed by atoms with Crippen LogP contribution in [0.2, 0.25) is 0 Å². The summed E-state index contributed by atoms with van der Waals surface area (Å²) in [6.45, 7) is 2.30. The van der Waals surface area contributed by atoms with Crippen LogP contribution in [0.3, 0.4) is 0 Å². The fourth-order valence-corrected chi connectivity index (χ4v) is 2.90. The van der Waals surface area contributed by atoms with Gasteiger partial charge in [-0.2, -0.15) is 0 Å². The number of fused-ring (bicyclic) bond motifs is 1. The van der Waals surface area contributed by atoms with Crippen molar-refractivity contribution in [3.63, 3.8) is 0 Å². The lowest BCUT2D eigenvalue weighted by molar-refractivity contribution is -0.136. The van der Waals surface area contributed by atoms with Crippen molar-refractivity contribution in [2.75, 3.05) is 6.54 Å². The van der Waals surface area contributed by atoms with E-state index in [1.165, 1.54) is 0 Å². The predicted molar refractivity (Wildman–Crippen MR) is 56.7 cm³/mol. The monoisotopic (exact) mass is 241 g/mol. The number of nitrogens with zero attached hydrogens (tertiary/aromatic N) is 1. The summed E-state index contributed by atoms with van der Waals surface area (Å²) in [5.74, 6) is -0.989. The number of unbranched alkanes of at least 4 members (excludes halogenated alkanes) is 1. The van der Waals surface area contributed by atoms with Crippen molar-refractivity contribution in [2.45, 2.75) is 19.8 Å². The second-order valence-electron chi connectivity index (χ2n) is 3.77. The average molecular weight is 241 g/mol. The van der Waals surface area contributed by atoms with E-state index in [1.54, 1.807) is 0 Å². The molecule has 0 aromatic carbocycles. The molecular weight excluding hydrogens is 230 g/mol. The molecule has 1 saturated heterocycles. The summed E-state index contributed by atoms with van der Waals surface area (Å²) in [6.07, 6.45) is 1.60. The van der Waals surface area contributed by atoms with Gasteiger partial charge in [-0.05, 0) is 6.42 Å². The van der Waals surface area contributed by atoms with E-state index in [0.29, 0.717) is 6.54 Å². The summed E-state index contributed by atoms with van der Waals surface area (Å²) >= 11 is 0. The number of carbonyl (C=O) groups excluding carboxylic acids is 2.